The van der Waals surface area contributed by atoms with Gasteiger partial charge in [-0.3, -0.25) is 14.3 Å². The number of rotatable bonds is 5. The van der Waals surface area contributed by atoms with Gasteiger partial charge in [-0.05, 0) is 24.3 Å². The van der Waals surface area contributed by atoms with Crippen molar-refractivity contribution in [3.8, 4) is 5.69 Å². The van der Waals surface area contributed by atoms with E-state index in [9.17, 15) is 14.0 Å². The molecular formula is C16H16FN5O2S. The highest BCUT2D eigenvalue weighted by Gasteiger charge is 2.16. The number of hydrogen-bond acceptors (Lipinski definition) is 5. The molecule has 0 unspecified atom stereocenters. The van der Waals surface area contributed by atoms with E-state index >= 15 is 0 Å². The van der Waals surface area contributed by atoms with Crippen molar-refractivity contribution >= 4 is 11.8 Å². The van der Waals surface area contributed by atoms with Crippen molar-refractivity contribution in [1.82, 2.24) is 24.7 Å². The maximum absolute atomic E-state index is 13.3. The summed E-state index contributed by atoms with van der Waals surface area (Å²) in [6, 6.07) is 7.29. The third-order valence-corrected chi connectivity index (χ3v) is 4.24. The first kappa shape index (κ1) is 17.2. The molecule has 0 aliphatic heterocycles. The molecule has 3 rings (SSSR count). The molecule has 0 saturated heterocycles. The Morgan fingerprint density at radius 2 is 1.88 bits per heavy atom. The van der Waals surface area contributed by atoms with Gasteiger partial charge in [-0.15, -0.1) is 10.2 Å². The Hall–Kier alpha value is -2.68. The van der Waals surface area contributed by atoms with E-state index in [0.717, 1.165) is 0 Å². The molecule has 130 valence electrons. The van der Waals surface area contributed by atoms with Crippen LogP contribution in [0.4, 0.5) is 4.39 Å². The SMILES string of the molecule is CC(C)Sc1nnc(Cc2cc(=O)[nH]c(=O)[nH]2)n1-c1ccc(F)cc1. The first-order valence-corrected chi connectivity index (χ1v) is 8.50. The molecule has 2 heterocycles. The van der Waals surface area contributed by atoms with Crippen LogP contribution in [-0.2, 0) is 6.42 Å². The lowest BCUT2D eigenvalue weighted by atomic mass is 10.2. The number of halogens is 1. The topological polar surface area (TPSA) is 96.4 Å². The minimum atomic E-state index is -0.577. The van der Waals surface area contributed by atoms with Gasteiger partial charge < -0.3 is 4.98 Å². The first-order valence-electron chi connectivity index (χ1n) is 7.62. The van der Waals surface area contributed by atoms with E-state index in [1.165, 1.54) is 30.0 Å². The molecule has 0 spiro atoms. The molecule has 1 aromatic carbocycles. The zero-order chi connectivity index (χ0) is 18.0. The van der Waals surface area contributed by atoms with Crippen LogP contribution in [0, 0.1) is 5.82 Å². The van der Waals surface area contributed by atoms with Gasteiger partial charge in [0.2, 0.25) is 0 Å². The Morgan fingerprint density at radius 3 is 2.52 bits per heavy atom. The Bertz CT molecular complexity index is 962. The van der Waals surface area contributed by atoms with Crippen LogP contribution in [-0.4, -0.2) is 30.0 Å². The molecule has 7 nitrogen and oxygen atoms in total. The van der Waals surface area contributed by atoms with E-state index in [2.05, 4.69) is 20.2 Å². The van der Waals surface area contributed by atoms with Crippen LogP contribution in [0.3, 0.4) is 0 Å². The molecule has 0 aliphatic carbocycles. The van der Waals surface area contributed by atoms with Crippen molar-refractivity contribution in [2.45, 2.75) is 30.7 Å². The molecule has 0 saturated carbocycles. The maximum Gasteiger partial charge on any atom is 0.325 e. The van der Waals surface area contributed by atoms with Gasteiger partial charge in [0, 0.05) is 29.1 Å². The lowest BCUT2D eigenvalue weighted by Crippen LogP contribution is -2.23. The Kier molecular flexibility index (Phi) is 4.84. The fourth-order valence-corrected chi connectivity index (χ4v) is 3.16. The van der Waals surface area contributed by atoms with Crippen LogP contribution in [0.2, 0.25) is 0 Å². The van der Waals surface area contributed by atoms with E-state index in [0.29, 0.717) is 22.4 Å². The van der Waals surface area contributed by atoms with Gasteiger partial charge in [0.1, 0.15) is 11.6 Å². The summed E-state index contributed by atoms with van der Waals surface area (Å²) in [5.74, 6) is 0.200. The molecule has 0 fully saturated rings. The fourth-order valence-electron chi connectivity index (χ4n) is 2.34. The van der Waals surface area contributed by atoms with Crippen LogP contribution in [0.15, 0.2) is 45.1 Å². The van der Waals surface area contributed by atoms with E-state index in [4.69, 9.17) is 0 Å². The largest absolute Gasteiger partial charge is 0.325 e. The normalized spacial score (nSPS) is 11.2. The highest BCUT2D eigenvalue weighted by molar-refractivity contribution is 7.99. The van der Waals surface area contributed by atoms with Gasteiger partial charge in [0.05, 0.1) is 0 Å². The summed E-state index contributed by atoms with van der Waals surface area (Å²) >= 11 is 1.52. The average molecular weight is 361 g/mol. The van der Waals surface area contributed by atoms with Crippen LogP contribution >= 0.6 is 11.8 Å². The minimum Gasteiger partial charge on any atom is -0.311 e. The number of aromatic amines is 2. The van der Waals surface area contributed by atoms with Crippen LogP contribution < -0.4 is 11.2 Å². The molecule has 2 aromatic heterocycles. The number of hydrogen-bond donors (Lipinski definition) is 2. The summed E-state index contributed by atoms with van der Waals surface area (Å²) in [6.45, 7) is 4.06. The Labute approximate surface area is 146 Å². The van der Waals surface area contributed by atoms with Crippen molar-refractivity contribution < 1.29 is 4.39 Å². The molecule has 0 atom stereocenters. The van der Waals surface area contributed by atoms with Crippen LogP contribution in [0.25, 0.3) is 5.69 Å². The van der Waals surface area contributed by atoms with Crippen LogP contribution in [0.1, 0.15) is 25.4 Å². The second-order valence-electron chi connectivity index (χ2n) is 5.67. The highest BCUT2D eigenvalue weighted by Crippen LogP contribution is 2.26. The van der Waals surface area contributed by atoms with Crippen molar-refractivity contribution in [3.05, 3.63) is 68.5 Å². The highest BCUT2D eigenvalue weighted by atomic mass is 32.2. The second kappa shape index (κ2) is 7.06. The number of benzene rings is 1. The Morgan fingerprint density at radius 1 is 1.16 bits per heavy atom. The van der Waals surface area contributed by atoms with E-state index in [1.807, 2.05) is 13.8 Å². The van der Waals surface area contributed by atoms with E-state index in [1.54, 1.807) is 16.7 Å². The van der Waals surface area contributed by atoms with Crippen molar-refractivity contribution in [2.24, 2.45) is 0 Å². The van der Waals surface area contributed by atoms with E-state index in [-0.39, 0.29) is 17.5 Å². The number of nitrogens with one attached hydrogen (secondary N) is 2. The summed E-state index contributed by atoms with van der Waals surface area (Å²) in [5, 5.41) is 9.32. The first-order chi connectivity index (χ1) is 11.9. The van der Waals surface area contributed by atoms with E-state index < -0.39 is 11.2 Å². The molecule has 0 aliphatic rings. The molecule has 0 bridgehead atoms. The van der Waals surface area contributed by atoms with Gasteiger partial charge in [-0.25, -0.2) is 9.18 Å². The lowest BCUT2D eigenvalue weighted by molar-refractivity contribution is 0.627. The van der Waals surface area contributed by atoms with Gasteiger partial charge in [-0.2, -0.15) is 0 Å². The predicted octanol–water partition coefficient (Wildman–Crippen LogP) is 1.87. The molecule has 25 heavy (non-hydrogen) atoms. The van der Waals surface area contributed by atoms with Crippen molar-refractivity contribution in [3.63, 3.8) is 0 Å². The zero-order valence-electron chi connectivity index (χ0n) is 13.6. The number of nitrogens with zero attached hydrogens (tertiary/aromatic N) is 3. The summed E-state index contributed by atoms with van der Waals surface area (Å²) in [4.78, 5) is 27.6. The zero-order valence-corrected chi connectivity index (χ0v) is 14.4. The molecular weight excluding hydrogens is 345 g/mol. The minimum absolute atomic E-state index is 0.211. The number of thioether (sulfide) groups is 1. The average Bonchev–Trinajstić information content (AvgIpc) is 2.89. The Balaban J connectivity index is 2.06. The number of aromatic nitrogens is 5. The monoisotopic (exact) mass is 361 g/mol. The summed E-state index contributed by atoms with van der Waals surface area (Å²) in [7, 11) is 0. The van der Waals surface area contributed by atoms with Crippen LogP contribution in [0.5, 0.6) is 0 Å². The summed E-state index contributed by atoms with van der Waals surface area (Å²) in [5.41, 5.74) is 0.0675. The molecule has 3 aromatic rings. The summed E-state index contributed by atoms with van der Waals surface area (Å²) in [6.07, 6.45) is 0.211. The smallest absolute Gasteiger partial charge is 0.311 e. The van der Waals surface area contributed by atoms with Gasteiger partial charge in [0.25, 0.3) is 5.56 Å². The summed E-state index contributed by atoms with van der Waals surface area (Å²) < 4.78 is 15.0. The fraction of sp³-hybridized carbons (Fsp3) is 0.250. The van der Waals surface area contributed by atoms with Gasteiger partial charge >= 0.3 is 5.69 Å². The predicted molar refractivity (Wildman–Crippen MR) is 92.8 cm³/mol. The van der Waals surface area contributed by atoms with Crippen molar-refractivity contribution in [2.75, 3.05) is 0 Å². The molecule has 9 heteroatoms. The van der Waals surface area contributed by atoms with Crippen molar-refractivity contribution in [1.29, 1.82) is 0 Å². The quantitative estimate of drug-likeness (QED) is 0.677. The molecule has 0 amide bonds. The second-order valence-corrected chi connectivity index (χ2v) is 7.21. The van der Waals surface area contributed by atoms with Gasteiger partial charge in [0.15, 0.2) is 5.16 Å². The third kappa shape index (κ3) is 4.05. The maximum atomic E-state index is 13.3. The molecule has 0 radical (unpaired) electrons. The standard InChI is InChI=1S/C16H16FN5O2S/c1-9(2)25-16-21-20-13(7-11-8-14(23)19-15(24)18-11)22(16)12-5-3-10(17)4-6-12/h3-6,8-9H,7H2,1-2H3,(H2,18,19,23,24). The number of H-pyrrole nitrogens is 2. The molecule has 2 N–H and O–H groups in total. The lowest BCUT2D eigenvalue weighted by Gasteiger charge is -2.11. The van der Waals surface area contributed by atoms with Gasteiger partial charge in [-0.1, -0.05) is 25.6 Å². The third-order valence-electron chi connectivity index (χ3n) is 3.29.